The van der Waals surface area contributed by atoms with E-state index in [1.807, 2.05) is 50.3 Å². The van der Waals surface area contributed by atoms with Crippen molar-refractivity contribution in [1.29, 1.82) is 0 Å². The highest BCUT2D eigenvalue weighted by molar-refractivity contribution is 6.02. The van der Waals surface area contributed by atoms with Crippen LogP contribution < -0.4 is 9.64 Å². The predicted octanol–water partition coefficient (Wildman–Crippen LogP) is 2.18. The van der Waals surface area contributed by atoms with Crippen LogP contribution in [0.15, 0.2) is 36.4 Å². The van der Waals surface area contributed by atoms with E-state index in [2.05, 4.69) is 0 Å². The van der Waals surface area contributed by atoms with Crippen LogP contribution in [0.25, 0.3) is 0 Å². The first-order valence-electron chi connectivity index (χ1n) is 8.94. The maximum atomic E-state index is 13.2. The molecule has 3 aliphatic rings. The molecule has 4 atom stereocenters. The van der Waals surface area contributed by atoms with E-state index in [1.165, 1.54) is 0 Å². The van der Waals surface area contributed by atoms with E-state index in [9.17, 15) is 9.59 Å². The molecule has 2 saturated heterocycles. The third-order valence-electron chi connectivity index (χ3n) is 5.32. The van der Waals surface area contributed by atoms with Crippen LogP contribution in [0.5, 0.6) is 5.75 Å². The maximum Gasteiger partial charge on any atom is 0.312 e. The summed E-state index contributed by atoms with van der Waals surface area (Å²) in [7, 11) is 1.60. The molecule has 3 aliphatic heterocycles. The van der Waals surface area contributed by atoms with Gasteiger partial charge in [-0.3, -0.25) is 9.59 Å². The number of hydrogen-bond acceptors (Lipinski definition) is 5. The molecule has 1 spiro atoms. The Morgan fingerprint density at radius 3 is 2.73 bits per heavy atom. The zero-order chi connectivity index (χ0) is 18.5. The van der Waals surface area contributed by atoms with Gasteiger partial charge in [-0.1, -0.05) is 26.0 Å². The minimum atomic E-state index is -0.733. The number of esters is 1. The summed E-state index contributed by atoms with van der Waals surface area (Å²) < 4.78 is 16.7. The van der Waals surface area contributed by atoms with Crippen molar-refractivity contribution in [2.75, 3.05) is 25.2 Å². The molecule has 138 valence electrons. The first kappa shape index (κ1) is 17.1. The lowest BCUT2D eigenvalue weighted by Gasteiger charge is -2.23. The summed E-state index contributed by atoms with van der Waals surface area (Å²) in [6, 6.07) is 7.32. The van der Waals surface area contributed by atoms with Gasteiger partial charge in [0.2, 0.25) is 5.91 Å². The lowest BCUT2D eigenvalue weighted by atomic mass is 9.77. The standard InChI is InChI=1S/C20H23NO5/c1-12(2)10-25-19(23)16-15-8-9-20(26-15)11-21(18(22)17(16)20)13-4-6-14(24-3)7-5-13/h4-9,12,15-17H,10-11H2,1-3H3/t15-,16?,17+,20-/m1/s1. The fourth-order valence-electron chi connectivity index (χ4n) is 4.09. The summed E-state index contributed by atoms with van der Waals surface area (Å²) in [5.41, 5.74) is 0.0396. The number of fused-ring (bicyclic) bond motifs is 1. The van der Waals surface area contributed by atoms with Gasteiger partial charge in [0.1, 0.15) is 17.3 Å². The molecule has 0 radical (unpaired) electrons. The third-order valence-corrected chi connectivity index (χ3v) is 5.32. The SMILES string of the molecule is COc1ccc(N2C[C@@]34C=C[C@@H](O3)C(C(=O)OCC(C)C)[C@H]4C2=O)cc1. The number of amides is 1. The largest absolute Gasteiger partial charge is 0.497 e. The summed E-state index contributed by atoms with van der Waals surface area (Å²) in [5.74, 6) is -0.559. The van der Waals surface area contributed by atoms with Gasteiger partial charge in [-0.25, -0.2) is 0 Å². The van der Waals surface area contributed by atoms with Crippen molar-refractivity contribution in [1.82, 2.24) is 0 Å². The topological polar surface area (TPSA) is 65.1 Å². The Hall–Kier alpha value is -2.34. The van der Waals surface area contributed by atoms with Crippen molar-refractivity contribution < 1.29 is 23.8 Å². The Labute approximate surface area is 152 Å². The Kier molecular flexibility index (Phi) is 4.03. The minimum Gasteiger partial charge on any atom is -0.497 e. The Balaban J connectivity index is 1.59. The average Bonchev–Trinajstić information content (AvgIpc) is 3.28. The van der Waals surface area contributed by atoms with Crippen LogP contribution >= 0.6 is 0 Å². The minimum absolute atomic E-state index is 0.0893. The quantitative estimate of drug-likeness (QED) is 0.597. The van der Waals surface area contributed by atoms with Crippen LogP contribution in [0.2, 0.25) is 0 Å². The van der Waals surface area contributed by atoms with Crippen LogP contribution in [0.3, 0.4) is 0 Å². The van der Waals surface area contributed by atoms with Gasteiger partial charge in [-0.15, -0.1) is 0 Å². The zero-order valence-electron chi connectivity index (χ0n) is 15.2. The van der Waals surface area contributed by atoms with Crippen molar-refractivity contribution in [3.05, 3.63) is 36.4 Å². The van der Waals surface area contributed by atoms with Crippen LogP contribution in [0.1, 0.15) is 13.8 Å². The zero-order valence-corrected chi connectivity index (χ0v) is 15.2. The molecule has 0 N–H and O–H groups in total. The number of anilines is 1. The van der Waals surface area contributed by atoms with E-state index >= 15 is 0 Å². The Morgan fingerprint density at radius 1 is 1.35 bits per heavy atom. The molecule has 2 bridgehead atoms. The molecule has 6 heteroatoms. The van der Waals surface area contributed by atoms with Crippen molar-refractivity contribution in [3.63, 3.8) is 0 Å². The monoisotopic (exact) mass is 357 g/mol. The molecule has 0 aliphatic carbocycles. The van der Waals surface area contributed by atoms with Crippen LogP contribution in [-0.4, -0.2) is 43.8 Å². The molecule has 1 amide bonds. The highest BCUT2D eigenvalue weighted by atomic mass is 16.6. The second-order valence-corrected chi connectivity index (χ2v) is 7.55. The second kappa shape index (κ2) is 6.13. The van der Waals surface area contributed by atoms with Crippen LogP contribution in [-0.2, 0) is 19.1 Å². The molecule has 6 nitrogen and oxygen atoms in total. The van der Waals surface area contributed by atoms with E-state index in [4.69, 9.17) is 14.2 Å². The molecule has 0 saturated carbocycles. The number of ether oxygens (including phenoxy) is 3. The summed E-state index contributed by atoms with van der Waals surface area (Å²) in [5, 5.41) is 0. The molecular formula is C20H23NO5. The van der Waals surface area contributed by atoms with E-state index in [-0.39, 0.29) is 23.9 Å². The number of nitrogens with zero attached hydrogens (tertiary/aromatic N) is 1. The number of benzene rings is 1. The van der Waals surface area contributed by atoms with E-state index in [0.29, 0.717) is 13.2 Å². The summed E-state index contributed by atoms with van der Waals surface area (Å²) in [6.07, 6.45) is 3.46. The number of methoxy groups -OCH3 is 1. The first-order chi connectivity index (χ1) is 12.4. The molecule has 26 heavy (non-hydrogen) atoms. The number of hydrogen-bond donors (Lipinski definition) is 0. The van der Waals surface area contributed by atoms with Crippen LogP contribution in [0, 0.1) is 17.8 Å². The van der Waals surface area contributed by atoms with Gasteiger partial charge in [0.25, 0.3) is 0 Å². The fraction of sp³-hybridized carbons (Fsp3) is 0.500. The summed E-state index contributed by atoms with van der Waals surface area (Å²) in [4.78, 5) is 27.5. The molecule has 1 aromatic rings. The maximum absolute atomic E-state index is 13.2. The van der Waals surface area contributed by atoms with E-state index < -0.39 is 17.4 Å². The molecule has 4 rings (SSSR count). The van der Waals surface area contributed by atoms with E-state index in [1.54, 1.807) is 12.0 Å². The molecule has 1 unspecified atom stereocenters. The van der Waals surface area contributed by atoms with E-state index in [0.717, 1.165) is 11.4 Å². The van der Waals surface area contributed by atoms with Gasteiger partial charge in [0.15, 0.2) is 0 Å². The highest BCUT2D eigenvalue weighted by Gasteiger charge is 2.67. The lowest BCUT2D eigenvalue weighted by molar-refractivity contribution is -0.153. The average molecular weight is 357 g/mol. The lowest BCUT2D eigenvalue weighted by Crippen LogP contribution is -2.40. The summed E-state index contributed by atoms with van der Waals surface area (Å²) >= 11 is 0. The normalized spacial score (nSPS) is 31.6. The Bertz CT molecular complexity index is 756. The first-order valence-corrected chi connectivity index (χ1v) is 8.94. The highest BCUT2D eigenvalue weighted by Crippen LogP contribution is 2.52. The molecule has 0 aromatic heterocycles. The summed E-state index contributed by atoms with van der Waals surface area (Å²) in [6.45, 7) is 4.72. The van der Waals surface area contributed by atoms with Gasteiger partial charge in [-0.05, 0) is 30.2 Å². The predicted molar refractivity (Wildman–Crippen MR) is 94.9 cm³/mol. The molecule has 2 fully saturated rings. The number of carbonyl (C=O) groups is 2. The fourth-order valence-corrected chi connectivity index (χ4v) is 4.09. The Morgan fingerprint density at radius 2 is 2.08 bits per heavy atom. The smallest absolute Gasteiger partial charge is 0.312 e. The second-order valence-electron chi connectivity index (χ2n) is 7.55. The molecular weight excluding hydrogens is 334 g/mol. The van der Waals surface area contributed by atoms with Crippen molar-refractivity contribution in [2.24, 2.45) is 17.8 Å². The molecule has 3 heterocycles. The van der Waals surface area contributed by atoms with Crippen LogP contribution in [0.4, 0.5) is 5.69 Å². The van der Waals surface area contributed by atoms with Gasteiger partial charge in [-0.2, -0.15) is 0 Å². The number of carbonyl (C=O) groups excluding carboxylic acids is 2. The molecule has 1 aromatic carbocycles. The van der Waals surface area contributed by atoms with Gasteiger partial charge in [0.05, 0.1) is 32.3 Å². The van der Waals surface area contributed by atoms with Gasteiger partial charge < -0.3 is 19.1 Å². The number of rotatable bonds is 5. The van der Waals surface area contributed by atoms with Crippen molar-refractivity contribution in [3.8, 4) is 5.75 Å². The van der Waals surface area contributed by atoms with Crippen molar-refractivity contribution in [2.45, 2.75) is 25.6 Å². The van der Waals surface area contributed by atoms with Gasteiger partial charge in [0, 0.05) is 5.69 Å². The van der Waals surface area contributed by atoms with Crippen molar-refractivity contribution >= 4 is 17.6 Å². The van der Waals surface area contributed by atoms with Gasteiger partial charge >= 0.3 is 5.97 Å². The third kappa shape index (κ3) is 2.51.